The summed E-state index contributed by atoms with van der Waals surface area (Å²) in [5.41, 5.74) is 0.105. The maximum absolute atomic E-state index is 10.7. The second-order valence-electron chi connectivity index (χ2n) is 4.20. The van der Waals surface area contributed by atoms with Gasteiger partial charge in [0.25, 0.3) is 0 Å². The van der Waals surface area contributed by atoms with Crippen LogP contribution >= 0.6 is 0 Å². The van der Waals surface area contributed by atoms with E-state index < -0.39 is 30.6 Å². The Hall–Kier alpha value is -0.670. The summed E-state index contributed by atoms with van der Waals surface area (Å²) in [6.45, 7) is -0.157. The minimum absolute atomic E-state index is 0. The van der Waals surface area contributed by atoms with Gasteiger partial charge in [-0.1, -0.05) is 0 Å². The van der Waals surface area contributed by atoms with E-state index >= 15 is 0 Å². The van der Waals surface area contributed by atoms with E-state index in [0.717, 1.165) is 0 Å². The number of carbonyl (C=O) groups is 1. The number of hydrogen-bond donors (Lipinski definition) is 4. The van der Waals surface area contributed by atoms with Crippen LogP contribution in [0.5, 0.6) is 5.75 Å². The number of carboxylic acid groups (broad SMARTS) is 1. The van der Waals surface area contributed by atoms with Crippen LogP contribution in [-0.4, -0.2) is 87.2 Å². The number of aromatic carboxylic acids is 1. The van der Waals surface area contributed by atoms with Crippen LogP contribution in [0.3, 0.4) is 0 Å². The first-order chi connectivity index (χ1) is 8.99. The summed E-state index contributed by atoms with van der Waals surface area (Å²) in [5.74, 6) is -0.767. The summed E-state index contributed by atoms with van der Waals surface area (Å²) in [7, 11) is 0. The fourth-order valence-electron chi connectivity index (χ4n) is 1.69. The maximum atomic E-state index is 10.7. The third-order valence-corrected chi connectivity index (χ3v) is 2.81. The van der Waals surface area contributed by atoms with Gasteiger partial charge in [-0.2, -0.15) is 0 Å². The van der Waals surface area contributed by atoms with Gasteiger partial charge in [0, 0.05) is 0 Å². The van der Waals surface area contributed by atoms with Crippen molar-refractivity contribution in [3.8, 4) is 5.75 Å². The number of benzene rings is 1. The molecular formula is C12H15NaO7. The molecule has 0 aliphatic carbocycles. The fourth-order valence-corrected chi connectivity index (χ4v) is 1.69. The number of rotatable bonds is 3. The fraction of sp³-hybridized carbons (Fsp3) is 0.417. The average molecular weight is 294 g/mol. The number of hydrogen-bond acceptors (Lipinski definition) is 6. The summed E-state index contributed by atoms with van der Waals surface area (Å²) >= 11 is 0. The van der Waals surface area contributed by atoms with Gasteiger partial charge >= 0.3 is 35.5 Å². The van der Waals surface area contributed by atoms with Gasteiger partial charge in [-0.05, 0) is 24.3 Å². The molecule has 0 amide bonds. The Morgan fingerprint density at radius 3 is 2.30 bits per heavy atom. The van der Waals surface area contributed by atoms with Gasteiger partial charge in [-0.15, -0.1) is 0 Å². The van der Waals surface area contributed by atoms with E-state index in [1.807, 2.05) is 0 Å². The molecule has 0 radical (unpaired) electrons. The molecule has 1 aliphatic heterocycles. The summed E-state index contributed by atoms with van der Waals surface area (Å²) in [5, 5.41) is 37.1. The molecular weight excluding hydrogens is 279 g/mol. The van der Waals surface area contributed by atoms with Gasteiger partial charge in [0.05, 0.1) is 12.2 Å². The molecule has 0 unspecified atom stereocenters. The van der Waals surface area contributed by atoms with E-state index in [-0.39, 0.29) is 47.5 Å². The van der Waals surface area contributed by atoms with Crippen molar-refractivity contribution < 1.29 is 34.7 Å². The van der Waals surface area contributed by atoms with Crippen molar-refractivity contribution in [3.63, 3.8) is 0 Å². The molecule has 1 heterocycles. The first-order valence-electron chi connectivity index (χ1n) is 5.65. The standard InChI is InChI=1S/C12H14O7.Na.H/c13-8-5-18-12(10(15)9(8)14)19-7-3-1-6(2-4-7)11(16)17;;/h1-4,8-10,12-15H,5H2,(H,16,17);;/t8-,9+,10-,12-;;/m1../s1. The van der Waals surface area contributed by atoms with Crippen molar-refractivity contribution >= 4 is 35.5 Å². The first-order valence-corrected chi connectivity index (χ1v) is 5.65. The Morgan fingerprint density at radius 2 is 1.75 bits per heavy atom. The second kappa shape index (κ2) is 7.37. The van der Waals surface area contributed by atoms with Crippen LogP contribution in [0.2, 0.25) is 0 Å². The molecule has 1 saturated heterocycles. The van der Waals surface area contributed by atoms with E-state index in [0.29, 0.717) is 0 Å². The molecule has 1 aromatic carbocycles. The molecule has 2 rings (SSSR count). The van der Waals surface area contributed by atoms with Crippen molar-refractivity contribution in [2.24, 2.45) is 0 Å². The molecule has 1 fully saturated rings. The van der Waals surface area contributed by atoms with Crippen LogP contribution in [0.25, 0.3) is 0 Å². The van der Waals surface area contributed by atoms with Crippen LogP contribution < -0.4 is 4.74 Å². The zero-order valence-electron chi connectivity index (χ0n) is 9.84. The first kappa shape index (κ1) is 17.4. The van der Waals surface area contributed by atoms with Crippen LogP contribution in [0.1, 0.15) is 10.4 Å². The van der Waals surface area contributed by atoms with Gasteiger partial charge in [-0.3, -0.25) is 0 Å². The third kappa shape index (κ3) is 3.92. The summed E-state index contributed by atoms with van der Waals surface area (Å²) in [4.78, 5) is 10.7. The zero-order valence-corrected chi connectivity index (χ0v) is 9.84. The Labute approximate surface area is 137 Å². The van der Waals surface area contributed by atoms with E-state index in [9.17, 15) is 20.1 Å². The second-order valence-corrected chi connectivity index (χ2v) is 4.20. The van der Waals surface area contributed by atoms with Crippen LogP contribution in [0, 0.1) is 0 Å². The Balaban J connectivity index is 0.00000200. The monoisotopic (exact) mass is 294 g/mol. The number of aliphatic hydroxyl groups is 3. The molecule has 0 bridgehead atoms. The van der Waals surface area contributed by atoms with Crippen LogP contribution in [-0.2, 0) is 4.74 Å². The summed E-state index contributed by atoms with van der Waals surface area (Å²) in [6, 6.07) is 5.52. The predicted molar refractivity (Wildman–Crippen MR) is 68.9 cm³/mol. The van der Waals surface area contributed by atoms with Gasteiger partial charge in [-0.25, -0.2) is 4.79 Å². The van der Waals surface area contributed by atoms with E-state index in [1.165, 1.54) is 24.3 Å². The number of carboxylic acids is 1. The van der Waals surface area contributed by atoms with Crippen molar-refractivity contribution in [1.82, 2.24) is 0 Å². The van der Waals surface area contributed by atoms with Gasteiger partial charge in [0.15, 0.2) is 0 Å². The van der Waals surface area contributed by atoms with Crippen LogP contribution in [0.4, 0.5) is 0 Å². The van der Waals surface area contributed by atoms with Crippen LogP contribution in [0.15, 0.2) is 24.3 Å². The van der Waals surface area contributed by atoms with Crippen molar-refractivity contribution in [3.05, 3.63) is 29.8 Å². The van der Waals surface area contributed by atoms with Gasteiger partial charge in [0.1, 0.15) is 24.1 Å². The van der Waals surface area contributed by atoms with E-state index in [4.69, 9.17) is 14.6 Å². The zero-order chi connectivity index (χ0) is 14.0. The Kier molecular flexibility index (Phi) is 6.41. The minimum atomic E-state index is -1.39. The quantitative estimate of drug-likeness (QED) is 0.504. The molecule has 4 N–H and O–H groups in total. The molecule has 8 heteroatoms. The average Bonchev–Trinajstić information content (AvgIpc) is 2.40. The van der Waals surface area contributed by atoms with Gasteiger partial charge in [0.2, 0.25) is 6.29 Å². The molecule has 1 aliphatic rings. The van der Waals surface area contributed by atoms with Crippen molar-refractivity contribution in [2.45, 2.75) is 24.6 Å². The SMILES string of the molecule is O=C(O)c1ccc(O[C@H]2OC[C@@H](O)[C@H](O)[C@H]2O)cc1.[NaH]. The van der Waals surface area contributed by atoms with Crippen molar-refractivity contribution in [1.29, 1.82) is 0 Å². The topological polar surface area (TPSA) is 116 Å². The predicted octanol–water partition coefficient (Wildman–Crippen LogP) is -1.45. The number of aliphatic hydroxyl groups excluding tert-OH is 3. The van der Waals surface area contributed by atoms with Crippen molar-refractivity contribution in [2.75, 3.05) is 6.61 Å². The normalized spacial score (nSPS) is 29.4. The molecule has 7 nitrogen and oxygen atoms in total. The van der Waals surface area contributed by atoms with E-state index in [2.05, 4.69) is 0 Å². The third-order valence-electron chi connectivity index (χ3n) is 2.81. The molecule has 0 spiro atoms. The Bertz CT molecular complexity index is 450. The number of ether oxygens (including phenoxy) is 2. The molecule has 0 saturated carbocycles. The molecule has 106 valence electrons. The molecule has 0 aromatic heterocycles. The molecule has 4 atom stereocenters. The molecule has 20 heavy (non-hydrogen) atoms. The Morgan fingerprint density at radius 1 is 1.15 bits per heavy atom. The summed E-state index contributed by atoms with van der Waals surface area (Å²) in [6.07, 6.45) is -5.02. The molecule has 1 aromatic rings. The van der Waals surface area contributed by atoms with Gasteiger partial charge < -0.3 is 29.9 Å². The van der Waals surface area contributed by atoms with E-state index in [1.54, 1.807) is 0 Å². The summed E-state index contributed by atoms with van der Waals surface area (Å²) < 4.78 is 10.3.